The maximum Gasteiger partial charge on any atom is 0.341 e. The van der Waals surface area contributed by atoms with Crippen molar-refractivity contribution in [2.75, 3.05) is 23.9 Å². The number of nitrogen functional groups attached to an aromatic ring is 1. The van der Waals surface area contributed by atoms with E-state index in [-0.39, 0.29) is 11.9 Å². The fourth-order valence-electron chi connectivity index (χ4n) is 3.33. The molecule has 0 radical (unpaired) electrons. The van der Waals surface area contributed by atoms with E-state index < -0.39 is 12.0 Å². The first-order chi connectivity index (χ1) is 15.4. The molecule has 32 heavy (non-hydrogen) atoms. The minimum atomic E-state index is -0.613. The zero-order valence-electron chi connectivity index (χ0n) is 18.5. The molecule has 170 valence electrons. The summed E-state index contributed by atoms with van der Waals surface area (Å²) >= 11 is 2.85. The van der Waals surface area contributed by atoms with Crippen molar-refractivity contribution in [3.63, 3.8) is 0 Å². The van der Waals surface area contributed by atoms with Gasteiger partial charge in [-0.15, -0.1) is 21.5 Å². The van der Waals surface area contributed by atoms with Crippen LogP contribution in [0.3, 0.4) is 0 Å². The molecule has 1 aromatic carbocycles. The zero-order chi connectivity index (χ0) is 23.3. The van der Waals surface area contributed by atoms with E-state index in [0.717, 1.165) is 22.6 Å². The summed E-state index contributed by atoms with van der Waals surface area (Å²) in [5.41, 5.74) is 8.49. The molecule has 0 saturated heterocycles. The molecule has 2 heterocycles. The van der Waals surface area contributed by atoms with Crippen LogP contribution in [0, 0.1) is 13.8 Å². The number of nitrogens with two attached hydrogens (primary N) is 1. The number of rotatable bonds is 9. The Morgan fingerprint density at radius 1 is 1.25 bits per heavy atom. The number of benzene rings is 1. The maximum absolute atomic E-state index is 13.2. The van der Waals surface area contributed by atoms with Gasteiger partial charge in [0, 0.05) is 10.6 Å². The predicted octanol–water partition coefficient (Wildman–Crippen LogP) is 4.25. The summed E-state index contributed by atoms with van der Waals surface area (Å²) in [7, 11) is 1.33. The summed E-state index contributed by atoms with van der Waals surface area (Å²) in [4.78, 5) is 26.4. The number of hydrogen-bond donors (Lipinski definition) is 2. The van der Waals surface area contributed by atoms with Crippen LogP contribution in [0.2, 0.25) is 0 Å². The molecule has 1 atom stereocenters. The van der Waals surface area contributed by atoms with Crippen LogP contribution in [-0.2, 0) is 16.0 Å². The van der Waals surface area contributed by atoms with Crippen LogP contribution in [0.4, 0.5) is 10.9 Å². The lowest BCUT2D eigenvalue weighted by Gasteiger charge is -2.19. The number of aromatic nitrogens is 3. The average Bonchev–Trinajstić information content (AvgIpc) is 3.28. The molecule has 0 aliphatic rings. The van der Waals surface area contributed by atoms with Gasteiger partial charge in [0.25, 0.3) is 0 Å². The Morgan fingerprint density at radius 3 is 2.62 bits per heavy atom. The average molecular weight is 474 g/mol. The van der Waals surface area contributed by atoms with Gasteiger partial charge in [-0.1, -0.05) is 49.0 Å². The van der Waals surface area contributed by atoms with Gasteiger partial charge in [-0.25, -0.2) is 4.79 Å². The van der Waals surface area contributed by atoms with Crippen LogP contribution in [0.25, 0.3) is 0 Å². The smallest absolute Gasteiger partial charge is 0.341 e. The summed E-state index contributed by atoms with van der Waals surface area (Å²) in [6, 6.07) is 9.54. The lowest BCUT2D eigenvalue weighted by Crippen LogP contribution is -2.27. The predicted molar refractivity (Wildman–Crippen MR) is 128 cm³/mol. The lowest BCUT2D eigenvalue weighted by atomic mass is 10.1. The van der Waals surface area contributed by atoms with Crippen molar-refractivity contribution < 1.29 is 14.3 Å². The van der Waals surface area contributed by atoms with E-state index in [0.29, 0.717) is 22.1 Å². The van der Waals surface area contributed by atoms with Crippen LogP contribution in [0.5, 0.6) is 0 Å². The number of aryl methyl sites for hydroxylation is 2. The van der Waals surface area contributed by atoms with Crippen LogP contribution in [-0.4, -0.2) is 39.5 Å². The first-order valence-electron chi connectivity index (χ1n) is 10.2. The number of carbonyl (C=O) groups excluding carboxylic acids is 2. The molecular weight excluding hydrogens is 446 g/mol. The Kier molecular flexibility index (Phi) is 7.92. The molecule has 3 aromatic rings. The number of ether oxygens (including phenoxy) is 1. The fraction of sp³-hybridized carbons (Fsp3) is 0.364. The summed E-state index contributed by atoms with van der Waals surface area (Å²) in [6.45, 7) is 5.64. The Bertz CT molecular complexity index is 1090. The topological polar surface area (TPSA) is 112 Å². The second kappa shape index (κ2) is 10.6. The number of thioether (sulfide) groups is 1. The zero-order valence-corrected chi connectivity index (χ0v) is 20.2. The number of nitrogens with one attached hydrogen (secondary N) is 1. The molecule has 0 bridgehead atoms. The molecule has 8 nitrogen and oxygen atoms in total. The number of anilines is 2. The van der Waals surface area contributed by atoms with E-state index in [1.54, 1.807) is 4.57 Å². The molecule has 1 amide bonds. The maximum atomic E-state index is 13.2. The first-order valence-corrected chi connectivity index (χ1v) is 12.0. The van der Waals surface area contributed by atoms with E-state index in [4.69, 9.17) is 10.5 Å². The molecule has 3 rings (SSSR count). The molecule has 1 unspecified atom stereocenters. The second-order valence-electron chi connectivity index (χ2n) is 7.19. The number of nitrogens with zero attached hydrogens (tertiary/aromatic N) is 3. The van der Waals surface area contributed by atoms with Crippen LogP contribution >= 0.6 is 23.1 Å². The Hall–Kier alpha value is -2.85. The van der Waals surface area contributed by atoms with Crippen molar-refractivity contribution in [3.05, 3.63) is 51.9 Å². The summed E-state index contributed by atoms with van der Waals surface area (Å²) < 4.78 is 6.56. The molecular formula is C22H27N5O3S2. The van der Waals surface area contributed by atoms with Crippen molar-refractivity contribution in [2.45, 2.75) is 44.8 Å². The molecule has 3 N–H and O–H groups in total. The first kappa shape index (κ1) is 23.8. The van der Waals surface area contributed by atoms with Gasteiger partial charge in [-0.05, 0) is 37.8 Å². The van der Waals surface area contributed by atoms with Gasteiger partial charge >= 0.3 is 5.97 Å². The quantitative estimate of drug-likeness (QED) is 0.353. The number of methoxy groups -OCH3 is 1. The van der Waals surface area contributed by atoms with Crippen LogP contribution < -0.4 is 11.1 Å². The molecule has 0 aliphatic heterocycles. The molecule has 0 fully saturated rings. The summed E-state index contributed by atoms with van der Waals surface area (Å²) in [6.07, 6.45) is 1.34. The van der Waals surface area contributed by atoms with Crippen molar-refractivity contribution >= 4 is 45.9 Å². The SMILES string of the molecule is CCC(C(=O)Nc1sc(C)c(C)c1C(=O)OC)n1c(N)nnc1SCCc1ccccc1. The third kappa shape index (κ3) is 5.13. The number of hydrogen-bond acceptors (Lipinski definition) is 8. The Labute approximate surface area is 195 Å². The van der Waals surface area contributed by atoms with Gasteiger partial charge < -0.3 is 15.8 Å². The van der Waals surface area contributed by atoms with Crippen molar-refractivity contribution in [1.29, 1.82) is 0 Å². The number of esters is 1. The van der Waals surface area contributed by atoms with Gasteiger partial charge in [-0.3, -0.25) is 9.36 Å². The van der Waals surface area contributed by atoms with E-state index in [2.05, 4.69) is 27.6 Å². The highest BCUT2D eigenvalue weighted by molar-refractivity contribution is 7.99. The normalized spacial score (nSPS) is 11.9. The van der Waals surface area contributed by atoms with E-state index in [1.807, 2.05) is 39.0 Å². The number of amides is 1. The van der Waals surface area contributed by atoms with Crippen LogP contribution in [0.15, 0.2) is 35.5 Å². The largest absolute Gasteiger partial charge is 0.465 e. The van der Waals surface area contributed by atoms with Gasteiger partial charge in [0.05, 0.1) is 12.7 Å². The summed E-state index contributed by atoms with van der Waals surface area (Å²) in [5, 5.41) is 12.1. The number of thiophene rings is 1. The Balaban J connectivity index is 1.78. The molecule has 0 spiro atoms. The van der Waals surface area contributed by atoms with Gasteiger partial charge in [0.2, 0.25) is 11.9 Å². The monoisotopic (exact) mass is 473 g/mol. The minimum absolute atomic E-state index is 0.181. The van der Waals surface area contributed by atoms with Gasteiger partial charge in [0.15, 0.2) is 5.16 Å². The standard InChI is InChI=1S/C22H27N5O3S2/c1-5-16(18(28)24-19-17(20(29)30-4)13(2)14(3)32-19)27-21(23)25-26-22(27)31-12-11-15-9-7-6-8-10-15/h6-10,16H,5,11-12H2,1-4H3,(H2,23,25)(H,24,28). The second-order valence-corrected chi connectivity index (χ2v) is 9.47. The molecule has 2 aromatic heterocycles. The van der Waals surface area contributed by atoms with E-state index in [9.17, 15) is 9.59 Å². The third-order valence-electron chi connectivity index (χ3n) is 5.17. The Morgan fingerprint density at radius 2 is 1.97 bits per heavy atom. The molecule has 10 heteroatoms. The highest BCUT2D eigenvalue weighted by atomic mass is 32.2. The highest BCUT2D eigenvalue weighted by Gasteiger charge is 2.28. The third-order valence-corrected chi connectivity index (χ3v) is 7.24. The van der Waals surface area contributed by atoms with Gasteiger partial charge in [0.1, 0.15) is 11.0 Å². The van der Waals surface area contributed by atoms with Crippen molar-refractivity contribution in [2.24, 2.45) is 0 Å². The highest BCUT2D eigenvalue weighted by Crippen LogP contribution is 2.34. The van der Waals surface area contributed by atoms with Crippen LogP contribution in [0.1, 0.15) is 45.7 Å². The molecule has 0 aliphatic carbocycles. The van der Waals surface area contributed by atoms with Crippen molar-refractivity contribution in [1.82, 2.24) is 14.8 Å². The van der Waals surface area contributed by atoms with E-state index >= 15 is 0 Å². The van der Waals surface area contributed by atoms with Crippen molar-refractivity contribution in [3.8, 4) is 0 Å². The minimum Gasteiger partial charge on any atom is -0.465 e. The lowest BCUT2D eigenvalue weighted by molar-refractivity contribution is -0.119. The van der Waals surface area contributed by atoms with Gasteiger partial charge in [-0.2, -0.15) is 0 Å². The summed E-state index contributed by atoms with van der Waals surface area (Å²) in [5.74, 6) is 0.197. The fourth-order valence-corrected chi connectivity index (χ4v) is 5.36. The molecule has 0 saturated carbocycles. The van der Waals surface area contributed by atoms with E-state index in [1.165, 1.54) is 35.8 Å². The number of carbonyl (C=O) groups is 2.